The molecule has 11 heteroatoms. The third-order valence-electron chi connectivity index (χ3n) is 6.53. The van der Waals surface area contributed by atoms with Crippen LogP contribution in [-0.4, -0.2) is 70.6 Å². The number of hydrogen-bond acceptors (Lipinski definition) is 8. The summed E-state index contributed by atoms with van der Waals surface area (Å²) >= 11 is 1.45. The summed E-state index contributed by atoms with van der Waals surface area (Å²) < 4.78 is 34.6. The molecule has 3 N–H and O–H groups in total. The van der Waals surface area contributed by atoms with Crippen LogP contribution in [0.1, 0.15) is 23.8 Å². The fourth-order valence-corrected chi connectivity index (χ4v) is 5.42. The van der Waals surface area contributed by atoms with E-state index in [1.165, 1.54) is 31.1 Å². The molecule has 0 radical (unpaired) electrons. The SMILES string of the molecule is COc1cc(F)c2nccc([C@@H](O)CN3CCC(NCc4ccc5c(n4)NC(=O)CS5)C(F)C3)c2c1. The van der Waals surface area contributed by atoms with E-state index >= 15 is 4.39 Å². The lowest BCUT2D eigenvalue weighted by atomic mass is 10.00. The van der Waals surface area contributed by atoms with Crippen LogP contribution in [-0.2, 0) is 11.3 Å². The number of halogens is 2. The molecule has 3 aromatic rings. The first-order valence-corrected chi connectivity index (χ1v) is 12.7. The average molecular weight is 516 g/mol. The van der Waals surface area contributed by atoms with Crippen molar-refractivity contribution in [2.24, 2.45) is 0 Å². The number of piperidine rings is 1. The molecule has 2 unspecified atom stereocenters. The number of benzene rings is 1. The van der Waals surface area contributed by atoms with E-state index < -0.39 is 18.1 Å². The predicted octanol–water partition coefficient (Wildman–Crippen LogP) is 3.06. The zero-order valence-corrected chi connectivity index (χ0v) is 20.5. The van der Waals surface area contributed by atoms with Crippen LogP contribution in [0.3, 0.4) is 0 Å². The number of likely N-dealkylation sites (tertiary alicyclic amines) is 1. The molecule has 0 saturated carbocycles. The number of pyridine rings is 2. The minimum absolute atomic E-state index is 0.0764. The van der Waals surface area contributed by atoms with Crippen LogP contribution in [0.2, 0.25) is 0 Å². The third kappa shape index (κ3) is 5.29. The summed E-state index contributed by atoms with van der Waals surface area (Å²) in [5.74, 6) is 0.672. The predicted molar refractivity (Wildman–Crippen MR) is 133 cm³/mol. The van der Waals surface area contributed by atoms with Gasteiger partial charge in [0.2, 0.25) is 5.91 Å². The number of rotatable bonds is 7. The van der Waals surface area contributed by atoms with Gasteiger partial charge in [0, 0.05) is 43.3 Å². The van der Waals surface area contributed by atoms with Crippen LogP contribution in [0.5, 0.6) is 5.75 Å². The number of β-amino-alcohol motifs (C(OH)–C–C–N with tert-alkyl or cyclic N) is 1. The molecule has 190 valence electrons. The van der Waals surface area contributed by atoms with Crippen LogP contribution in [0.15, 0.2) is 41.4 Å². The lowest BCUT2D eigenvalue weighted by molar-refractivity contribution is -0.113. The number of amides is 1. The van der Waals surface area contributed by atoms with Gasteiger partial charge in [0.05, 0.1) is 29.6 Å². The number of anilines is 1. The standard InChI is InChI=1S/C25H27F2N5O3S/c1-35-15-8-17-16(4-6-28-24(17)18(26)9-15)21(33)12-32-7-5-20(19(27)11-32)29-10-14-2-3-22-25(30-14)31-23(34)13-36-22/h2-4,6,8-9,19-21,29,33H,5,7,10-13H2,1H3,(H,30,31,34)/t19?,20?,21-/m0/s1. The first-order valence-electron chi connectivity index (χ1n) is 11.7. The second-order valence-corrected chi connectivity index (χ2v) is 9.98. The fraction of sp³-hybridized carbons (Fsp3) is 0.400. The number of carbonyl (C=O) groups is 1. The second-order valence-electron chi connectivity index (χ2n) is 8.96. The van der Waals surface area contributed by atoms with Crippen LogP contribution < -0.4 is 15.4 Å². The molecule has 2 aromatic heterocycles. The van der Waals surface area contributed by atoms with E-state index in [0.29, 0.717) is 47.8 Å². The fourth-order valence-electron chi connectivity index (χ4n) is 4.66. The monoisotopic (exact) mass is 515 g/mol. The topological polar surface area (TPSA) is 99.6 Å². The summed E-state index contributed by atoms with van der Waals surface area (Å²) in [6.07, 6.45) is -0.0500. The largest absolute Gasteiger partial charge is 0.497 e. The number of ether oxygens (including phenoxy) is 1. The van der Waals surface area contributed by atoms with Crippen LogP contribution >= 0.6 is 11.8 Å². The van der Waals surface area contributed by atoms with Crippen LogP contribution in [0.4, 0.5) is 14.6 Å². The van der Waals surface area contributed by atoms with Gasteiger partial charge in [0.1, 0.15) is 23.3 Å². The zero-order chi connectivity index (χ0) is 25.2. The van der Waals surface area contributed by atoms with Gasteiger partial charge in [-0.2, -0.15) is 0 Å². The minimum atomic E-state index is -1.13. The van der Waals surface area contributed by atoms with Gasteiger partial charge in [-0.15, -0.1) is 11.8 Å². The Morgan fingerprint density at radius 2 is 2.22 bits per heavy atom. The molecule has 3 atom stereocenters. The van der Waals surface area contributed by atoms with Crippen molar-refractivity contribution in [3.05, 3.63) is 53.6 Å². The molecular formula is C25H27F2N5O3S. The molecule has 2 aliphatic rings. The van der Waals surface area contributed by atoms with Gasteiger partial charge in [-0.05, 0) is 42.8 Å². The lowest BCUT2D eigenvalue weighted by Gasteiger charge is -2.36. The van der Waals surface area contributed by atoms with Crippen molar-refractivity contribution in [1.82, 2.24) is 20.2 Å². The normalized spacial score (nSPS) is 21.2. The first-order chi connectivity index (χ1) is 17.4. The number of methoxy groups -OCH3 is 1. The van der Waals surface area contributed by atoms with Gasteiger partial charge in [-0.25, -0.2) is 13.8 Å². The molecule has 4 heterocycles. The zero-order valence-electron chi connectivity index (χ0n) is 19.7. The van der Waals surface area contributed by atoms with Crippen LogP contribution in [0, 0.1) is 5.82 Å². The molecular weight excluding hydrogens is 488 g/mol. The van der Waals surface area contributed by atoms with Gasteiger partial charge in [0.15, 0.2) is 5.82 Å². The summed E-state index contributed by atoms with van der Waals surface area (Å²) in [6, 6.07) is 8.01. The summed E-state index contributed by atoms with van der Waals surface area (Å²) in [4.78, 5) is 23.0. The lowest BCUT2D eigenvalue weighted by Crippen LogP contribution is -2.51. The maximum atomic E-state index is 15.0. The Hall–Kier alpha value is -2.86. The van der Waals surface area contributed by atoms with E-state index in [1.807, 2.05) is 17.0 Å². The number of aliphatic hydroxyl groups excluding tert-OH is 1. The highest BCUT2D eigenvalue weighted by Gasteiger charge is 2.30. The van der Waals surface area contributed by atoms with Gasteiger partial charge in [0.25, 0.3) is 0 Å². The minimum Gasteiger partial charge on any atom is -0.497 e. The highest BCUT2D eigenvalue weighted by molar-refractivity contribution is 8.00. The molecule has 1 amide bonds. The van der Waals surface area contributed by atoms with Gasteiger partial charge in [-0.3, -0.25) is 14.7 Å². The van der Waals surface area contributed by atoms with Gasteiger partial charge in [-0.1, -0.05) is 0 Å². The summed E-state index contributed by atoms with van der Waals surface area (Å²) in [7, 11) is 1.45. The quantitative estimate of drug-likeness (QED) is 0.442. The highest BCUT2D eigenvalue weighted by Crippen LogP contribution is 2.31. The van der Waals surface area contributed by atoms with E-state index in [0.717, 1.165) is 10.6 Å². The van der Waals surface area contributed by atoms with Crippen molar-refractivity contribution >= 4 is 34.4 Å². The van der Waals surface area contributed by atoms with Crippen molar-refractivity contribution in [2.45, 2.75) is 36.2 Å². The van der Waals surface area contributed by atoms with Crippen molar-refractivity contribution < 1.29 is 23.4 Å². The maximum Gasteiger partial charge on any atom is 0.235 e. The Bertz CT molecular complexity index is 1280. The number of nitrogens with zero attached hydrogens (tertiary/aromatic N) is 3. The highest BCUT2D eigenvalue weighted by atomic mass is 32.2. The van der Waals surface area contributed by atoms with Crippen molar-refractivity contribution in [3.63, 3.8) is 0 Å². The Kier molecular flexibility index (Phi) is 7.33. The van der Waals surface area contributed by atoms with Gasteiger partial charge < -0.3 is 20.5 Å². The number of nitrogens with one attached hydrogen (secondary N) is 2. The molecule has 5 rings (SSSR count). The van der Waals surface area contributed by atoms with E-state index in [2.05, 4.69) is 20.6 Å². The van der Waals surface area contributed by atoms with E-state index in [1.54, 1.807) is 12.1 Å². The average Bonchev–Trinajstić information content (AvgIpc) is 2.87. The van der Waals surface area contributed by atoms with Crippen LogP contribution in [0.25, 0.3) is 10.9 Å². The Labute approximate surface area is 211 Å². The molecule has 1 aromatic carbocycles. The number of alkyl halides is 1. The maximum absolute atomic E-state index is 15.0. The number of hydrogen-bond donors (Lipinski definition) is 3. The third-order valence-corrected chi connectivity index (χ3v) is 7.58. The van der Waals surface area contributed by atoms with Crippen molar-refractivity contribution in [1.29, 1.82) is 0 Å². The van der Waals surface area contributed by atoms with Gasteiger partial charge >= 0.3 is 0 Å². The molecule has 8 nitrogen and oxygen atoms in total. The Morgan fingerprint density at radius 3 is 3.03 bits per heavy atom. The molecule has 1 saturated heterocycles. The molecule has 0 aliphatic carbocycles. The van der Waals surface area contributed by atoms with Crippen molar-refractivity contribution in [2.75, 3.05) is 37.8 Å². The number of carbonyl (C=O) groups excluding carboxylic acids is 1. The summed E-state index contributed by atoms with van der Waals surface area (Å²) in [5.41, 5.74) is 1.42. The Balaban J connectivity index is 1.19. The second kappa shape index (κ2) is 10.6. The smallest absolute Gasteiger partial charge is 0.235 e. The molecule has 0 bridgehead atoms. The summed E-state index contributed by atoms with van der Waals surface area (Å²) in [6.45, 7) is 1.37. The molecule has 1 fully saturated rings. The first kappa shape index (κ1) is 24.8. The molecule has 0 spiro atoms. The number of aliphatic hydroxyl groups is 1. The van der Waals surface area contributed by atoms with E-state index in [-0.39, 0.29) is 30.6 Å². The number of thioether (sulfide) groups is 1. The molecule has 2 aliphatic heterocycles. The number of aromatic nitrogens is 2. The molecule has 36 heavy (non-hydrogen) atoms. The van der Waals surface area contributed by atoms with Crippen molar-refractivity contribution in [3.8, 4) is 5.75 Å². The number of fused-ring (bicyclic) bond motifs is 2. The summed E-state index contributed by atoms with van der Waals surface area (Å²) in [5, 5.41) is 17.4. The van der Waals surface area contributed by atoms with E-state index in [9.17, 15) is 14.3 Å². The Morgan fingerprint density at radius 1 is 1.36 bits per heavy atom. The van der Waals surface area contributed by atoms with E-state index in [4.69, 9.17) is 4.74 Å².